The van der Waals surface area contributed by atoms with Gasteiger partial charge in [-0.1, -0.05) is 13.8 Å². The van der Waals surface area contributed by atoms with Gasteiger partial charge in [0.25, 0.3) is 0 Å². The lowest BCUT2D eigenvalue weighted by Crippen LogP contribution is -2.34. The fourth-order valence-corrected chi connectivity index (χ4v) is 3.10. The molecule has 1 aliphatic heterocycles. The van der Waals surface area contributed by atoms with E-state index in [2.05, 4.69) is 13.8 Å². The van der Waals surface area contributed by atoms with Crippen LogP contribution in [0.25, 0.3) is 0 Å². The zero-order valence-electron chi connectivity index (χ0n) is 8.26. The molecule has 0 bridgehead atoms. The summed E-state index contributed by atoms with van der Waals surface area (Å²) in [4.78, 5) is 10.9. The highest BCUT2D eigenvalue weighted by atomic mass is 32.2. The number of hydrogen-bond donors (Lipinski definition) is 0. The van der Waals surface area contributed by atoms with Crippen molar-refractivity contribution in [3.63, 3.8) is 0 Å². The molecule has 0 N–H and O–H groups in total. The van der Waals surface area contributed by atoms with Gasteiger partial charge in [0, 0.05) is 0 Å². The molecular weight excluding hydrogens is 184 g/mol. The lowest BCUT2D eigenvalue weighted by atomic mass is 9.76. The van der Waals surface area contributed by atoms with Gasteiger partial charge in [0.15, 0.2) is 4.93 Å². The molecule has 1 aliphatic carbocycles. The van der Waals surface area contributed by atoms with E-state index in [1.165, 1.54) is 12.8 Å². The van der Waals surface area contributed by atoms with Gasteiger partial charge in [0.05, 0.1) is 5.75 Å². The fourth-order valence-electron chi connectivity index (χ4n) is 2.01. The minimum absolute atomic E-state index is 0.0234. The largest absolute Gasteiger partial charge is 0.447 e. The van der Waals surface area contributed by atoms with Crippen LogP contribution in [0.3, 0.4) is 0 Å². The van der Waals surface area contributed by atoms with Crippen molar-refractivity contribution in [3.05, 3.63) is 0 Å². The summed E-state index contributed by atoms with van der Waals surface area (Å²) in [5.74, 6) is 0.533. The Bertz CT molecular complexity index is 225. The number of carbonyl (C=O) groups excluding carboxylic acids is 1. The second kappa shape index (κ2) is 2.91. The van der Waals surface area contributed by atoms with E-state index in [9.17, 15) is 4.79 Å². The van der Waals surface area contributed by atoms with E-state index in [-0.39, 0.29) is 10.9 Å². The molecule has 2 fully saturated rings. The molecule has 1 spiro atoms. The van der Waals surface area contributed by atoms with Crippen LogP contribution < -0.4 is 0 Å². The van der Waals surface area contributed by atoms with Crippen molar-refractivity contribution in [1.29, 1.82) is 0 Å². The molecule has 1 heterocycles. The molecule has 1 saturated heterocycles. The maximum absolute atomic E-state index is 11.0. The van der Waals surface area contributed by atoms with Gasteiger partial charge in [-0.2, -0.15) is 0 Å². The van der Waals surface area contributed by atoms with E-state index in [1.54, 1.807) is 11.8 Å². The molecular formula is C10H16O2S. The van der Waals surface area contributed by atoms with E-state index in [0.717, 1.165) is 12.8 Å². The van der Waals surface area contributed by atoms with Crippen molar-refractivity contribution in [2.75, 3.05) is 5.75 Å². The monoisotopic (exact) mass is 200 g/mol. The molecule has 1 saturated carbocycles. The Morgan fingerprint density at radius 2 is 1.85 bits per heavy atom. The van der Waals surface area contributed by atoms with Crippen LogP contribution in [0, 0.1) is 5.41 Å². The predicted octanol–water partition coefficient (Wildman–Crippen LogP) is 2.57. The summed E-state index contributed by atoms with van der Waals surface area (Å²) in [6.07, 6.45) is 4.42. The average molecular weight is 200 g/mol. The lowest BCUT2D eigenvalue weighted by Gasteiger charge is -2.39. The highest BCUT2D eigenvalue weighted by molar-refractivity contribution is 8.01. The molecule has 2 rings (SSSR count). The molecule has 13 heavy (non-hydrogen) atoms. The summed E-state index contributed by atoms with van der Waals surface area (Å²) in [5, 5.41) is 0. The number of rotatable bonds is 0. The Hall–Kier alpha value is -0.180. The van der Waals surface area contributed by atoms with E-state index in [1.807, 2.05) is 0 Å². The highest BCUT2D eigenvalue weighted by Gasteiger charge is 2.45. The Labute approximate surface area is 83.4 Å². The molecule has 74 valence electrons. The summed E-state index contributed by atoms with van der Waals surface area (Å²) < 4.78 is 5.41. The first kappa shape index (κ1) is 9.38. The molecule has 0 aromatic carbocycles. The number of esters is 1. The minimum Gasteiger partial charge on any atom is -0.447 e. The smallest absolute Gasteiger partial charge is 0.317 e. The minimum atomic E-state index is -0.132. The summed E-state index contributed by atoms with van der Waals surface area (Å²) in [5.41, 5.74) is 0.445. The van der Waals surface area contributed by atoms with Gasteiger partial charge in [0.2, 0.25) is 0 Å². The van der Waals surface area contributed by atoms with Gasteiger partial charge in [0.1, 0.15) is 0 Å². The summed E-state index contributed by atoms with van der Waals surface area (Å²) in [6, 6.07) is 0. The van der Waals surface area contributed by atoms with Crippen molar-refractivity contribution in [1.82, 2.24) is 0 Å². The van der Waals surface area contributed by atoms with E-state index in [0.29, 0.717) is 11.2 Å². The molecule has 0 radical (unpaired) electrons. The Kier molecular flexibility index (Phi) is 2.10. The van der Waals surface area contributed by atoms with Crippen LogP contribution in [-0.2, 0) is 9.53 Å². The number of thioether (sulfide) groups is 1. The first-order valence-corrected chi connectivity index (χ1v) is 5.86. The maximum Gasteiger partial charge on any atom is 0.317 e. The number of carbonyl (C=O) groups is 1. The van der Waals surface area contributed by atoms with Crippen LogP contribution in [0.4, 0.5) is 0 Å². The predicted molar refractivity (Wildman–Crippen MR) is 53.5 cm³/mol. The highest BCUT2D eigenvalue weighted by Crippen LogP contribution is 2.50. The van der Waals surface area contributed by atoms with Gasteiger partial charge < -0.3 is 4.74 Å². The lowest BCUT2D eigenvalue weighted by molar-refractivity contribution is -0.148. The van der Waals surface area contributed by atoms with Crippen LogP contribution in [0.1, 0.15) is 39.5 Å². The van der Waals surface area contributed by atoms with Gasteiger partial charge >= 0.3 is 5.97 Å². The third-order valence-electron chi connectivity index (χ3n) is 3.12. The van der Waals surface area contributed by atoms with E-state index >= 15 is 0 Å². The maximum atomic E-state index is 11.0. The zero-order chi connectivity index (χ0) is 9.53. The van der Waals surface area contributed by atoms with Crippen LogP contribution >= 0.6 is 11.8 Å². The Balaban J connectivity index is 2.01. The van der Waals surface area contributed by atoms with Crippen molar-refractivity contribution in [3.8, 4) is 0 Å². The molecule has 2 nitrogen and oxygen atoms in total. The first-order chi connectivity index (χ1) is 6.02. The van der Waals surface area contributed by atoms with Gasteiger partial charge in [-0.25, -0.2) is 0 Å². The Morgan fingerprint density at radius 3 is 2.31 bits per heavy atom. The molecule has 0 aromatic heterocycles. The fraction of sp³-hybridized carbons (Fsp3) is 0.900. The molecule has 0 amide bonds. The summed E-state index contributed by atoms with van der Waals surface area (Å²) >= 11 is 1.70. The van der Waals surface area contributed by atoms with Gasteiger partial charge in [-0.3, -0.25) is 4.79 Å². The second-order valence-corrected chi connectivity index (χ2v) is 6.16. The third-order valence-corrected chi connectivity index (χ3v) is 4.52. The molecule has 0 unspecified atom stereocenters. The zero-order valence-corrected chi connectivity index (χ0v) is 9.08. The average Bonchev–Trinajstić information content (AvgIpc) is 2.41. The molecule has 0 atom stereocenters. The van der Waals surface area contributed by atoms with Crippen LogP contribution in [0.2, 0.25) is 0 Å². The van der Waals surface area contributed by atoms with E-state index in [4.69, 9.17) is 4.74 Å². The second-order valence-electron chi connectivity index (χ2n) is 4.84. The van der Waals surface area contributed by atoms with E-state index < -0.39 is 0 Å². The van der Waals surface area contributed by atoms with Crippen LogP contribution in [0.15, 0.2) is 0 Å². The van der Waals surface area contributed by atoms with Gasteiger partial charge in [-0.15, -0.1) is 11.8 Å². The first-order valence-electron chi connectivity index (χ1n) is 4.87. The SMILES string of the molecule is CC1(C)CCC2(CC1)OC(=O)CS2. The van der Waals surface area contributed by atoms with Crippen LogP contribution in [0.5, 0.6) is 0 Å². The number of ether oxygens (including phenoxy) is 1. The van der Waals surface area contributed by atoms with Crippen molar-refractivity contribution in [2.24, 2.45) is 5.41 Å². The molecule has 2 aliphatic rings. The van der Waals surface area contributed by atoms with Crippen LogP contribution in [-0.4, -0.2) is 16.7 Å². The van der Waals surface area contributed by atoms with Crippen molar-refractivity contribution in [2.45, 2.75) is 44.5 Å². The van der Waals surface area contributed by atoms with Gasteiger partial charge in [-0.05, 0) is 31.1 Å². The standard InChI is InChI=1S/C10H16O2S/c1-9(2)3-5-10(6-4-9)12-8(11)7-13-10/h3-7H2,1-2H3. The molecule has 0 aromatic rings. The summed E-state index contributed by atoms with van der Waals surface area (Å²) in [6.45, 7) is 4.59. The quantitative estimate of drug-likeness (QED) is 0.562. The normalized spacial score (nSPS) is 30.5. The van der Waals surface area contributed by atoms with Crippen molar-refractivity contribution < 1.29 is 9.53 Å². The van der Waals surface area contributed by atoms with Crippen molar-refractivity contribution >= 4 is 17.7 Å². The molecule has 3 heteroatoms. The topological polar surface area (TPSA) is 26.3 Å². The third kappa shape index (κ3) is 1.85. The Morgan fingerprint density at radius 1 is 1.23 bits per heavy atom. The number of hydrogen-bond acceptors (Lipinski definition) is 3. The summed E-state index contributed by atoms with van der Waals surface area (Å²) in [7, 11) is 0.